The van der Waals surface area contributed by atoms with Crippen molar-refractivity contribution in [2.45, 2.75) is 6.54 Å². The summed E-state index contributed by atoms with van der Waals surface area (Å²) in [4.78, 5) is 22.5. The molecule has 108 valence electrons. The molecular formula is C10H10N8O3. The number of nitrogen functional groups attached to an aromatic ring is 1. The van der Waals surface area contributed by atoms with Gasteiger partial charge in [0.05, 0.1) is 11.1 Å². The lowest BCUT2D eigenvalue weighted by Gasteiger charge is -1.97. The zero-order valence-electron chi connectivity index (χ0n) is 10.6. The van der Waals surface area contributed by atoms with E-state index in [0.29, 0.717) is 5.56 Å². The molecule has 1 heterocycles. The van der Waals surface area contributed by atoms with Gasteiger partial charge in [-0.2, -0.15) is 9.90 Å². The van der Waals surface area contributed by atoms with Gasteiger partial charge in [-0.15, -0.1) is 5.10 Å². The number of nitrogens with zero attached hydrogens (tertiary/aromatic N) is 6. The summed E-state index contributed by atoms with van der Waals surface area (Å²) in [6.07, 6.45) is 1.35. The first-order chi connectivity index (χ1) is 10.0. The molecule has 0 aliphatic heterocycles. The monoisotopic (exact) mass is 290 g/mol. The summed E-state index contributed by atoms with van der Waals surface area (Å²) in [6.45, 7) is -0.179. The first kappa shape index (κ1) is 14.0. The first-order valence-electron chi connectivity index (χ1n) is 5.64. The molecule has 0 fully saturated rings. The van der Waals surface area contributed by atoms with Crippen molar-refractivity contribution < 1.29 is 9.72 Å². The van der Waals surface area contributed by atoms with E-state index in [1.165, 1.54) is 30.5 Å². The minimum absolute atomic E-state index is 0.0222. The second-order valence-electron chi connectivity index (χ2n) is 3.82. The predicted molar refractivity (Wildman–Crippen MR) is 71.1 cm³/mol. The summed E-state index contributed by atoms with van der Waals surface area (Å²) in [6, 6.07) is 5.69. The molecule has 11 nitrogen and oxygen atoms in total. The van der Waals surface area contributed by atoms with E-state index in [-0.39, 0.29) is 18.2 Å². The highest BCUT2D eigenvalue weighted by Crippen LogP contribution is 2.10. The molecule has 0 saturated carbocycles. The fourth-order valence-electron chi connectivity index (χ4n) is 1.35. The second kappa shape index (κ2) is 6.18. The molecule has 1 aromatic carbocycles. The van der Waals surface area contributed by atoms with Crippen LogP contribution in [0, 0.1) is 10.1 Å². The number of benzene rings is 1. The molecule has 0 aliphatic rings. The Morgan fingerprint density at radius 3 is 2.76 bits per heavy atom. The molecular weight excluding hydrogens is 280 g/mol. The van der Waals surface area contributed by atoms with E-state index in [1.807, 2.05) is 0 Å². The molecule has 1 aromatic heterocycles. The van der Waals surface area contributed by atoms with Crippen molar-refractivity contribution in [3.8, 4) is 0 Å². The highest BCUT2D eigenvalue weighted by atomic mass is 16.6. The molecule has 3 N–H and O–H groups in total. The second-order valence-corrected chi connectivity index (χ2v) is 3.82. The fraction of sp³-hybridized carbons (Fsp3) is 0.100. The van der Waals surface area contributed by atoms with Gasteiger partial charge in [0.25, 0.3) is 17.5 Å². The van der Waals surface area contributed by atoms with Crippen LogP contribution in [0.15, 0.2) is 29.4 Å². The highest BCUT2D eigenvalue weighted by molar-refractivity contribution is 5.82. The third kappa shape index (κ3) is 4.05. The number of amides is 1. The van der Waals surface area contributed by atoms with Crippen LogP contribution in [-0.2, 0) is 11.3 Å². The van der Waals surface area contributed by atoms with Crippen molar-refractivity contribution in [1.82, 2.24) is 25.6 Å². The smallest absolute Gasteiger partial charge is 0.269 e. The van der Waals surface area contributed by atoms with Gasteiger partial charge in [-0.25, -0.2) is 5.43 Å². The number of anilines is 1. The number of nitrogens with one attached hydrogen (secondary N) is 1. The maximum Gasteiger partial charge on any atom is 0.269 e. The molecule has 0 spiro atoms. The minimum Gasteiger partial charge on any atom is -0.365 e. The van der Waals surface area contributed by atoms with Gasteiger partial charge in [0.15, 0.2) is 0 Å². The van der Waals surface area contributed by atoms with Crippen LogP contribution in [-0.4, -0.2) is 37.3 Å². The Bertz CT molecular complexity index is 678. The van der Waals surface area contributed by atoms with Gasteiger partial charge in [0.2, 0.25) is 0 Å². The number of nitrogens with two attached hydrogens (primary N) is 1. The zero-order chi connectivity index (χ0) is 15.2. The van der Waals surface area contributed by atoms with Crippen molar-refractivity contribution in [2.24, 2.45) is 5.10 Å². The van der Waals surface area contributed by atoms with Crippen LogP contribution in [0.3, 0.4) is 0 Å². The number of carbonyl (C=O) groups excluding carboxylic acids is 1. The van der Waals surface area contributed by atoms with Gasteiger partial charge in [-0.05, 0) is 22.9 Å². The Kier molecular flexibility index (Phi) is 4.14. The maximum absolute atomic E-state index is 11.5. The minimum atomic E-state index is -0.500. The molecule has 1 amide bonds. The Labute approximate surface area is 117 Å². The Balaban J connectivity index is 1.86. The molecule has 11 heteroatoms. The SMILES string of the molecule is Nc1nnn(CC(=O)N/N=C\c2ccc([N+](=O)[O-])cc2)n1. The van der Waals surface area contributed by atoms with E-state index in [2.05, 4.69) is 25.9 Å². The Morgan fingerprint density at radius 2 is 2.19 bits per heavy atom. The molecule has 0 radical (unpaired) electrons. The van der Waals surface area contributed by atoms with Gasteiger partial charge in [-0.1, -0.05) is 5.10 Å². The molecule has 0 atom stereocenters. The number of nitro groups is 1. The van der Waals surface area contributed by atoms with Crippen LogP contribution < -0.4 is 11.2 Å². The fourth-order valence-corrected chi connectivity index (χ4v) is 1.35. The van der Waals surface area contributed by atoms with Crippen LogP contribution in [0.2, 0.25) is 0 Å². The van der Waals surface area contributed by atoms with Crippen LogP contribution in [0.5, 0.6) is 0 Å². The average molecular weight is 290 g/mol. The Hall–Kier alpha value is -3.37. The van der Waals surface area contributed by atoms with Crippen LogP contribution in [0.1, 0.15) is 5.56 Å². The van der Waals surface area contributed by atoms with Gasteiger partial charge >= 0.3 is 0 Å². The summed E-state index contributed by atoms with van der Waals surface area (Å²) in [7, 11) is 0. The average Bonchev–Trinajstić information content (AvgIpc) is 2.84. The first-order valence-corrected chi connectivity index (χ1v) is 5.64. The number of tetrazole rings is 1. The van der Waals surface area contributed by atoms with Gasteiger partial charge in [0.1, 0.15) is 6.54 Å². The Morgan fingerprint density at radius 1 is 1.48 bits per heavy atom. The summed E-state index contributed by atoms with van der Waals surface area (Å²) >= 11 is 0. The van der Waals surface area contributed by atoms with Crippen molar-refractivity contribution in [1.29, 1.82) is 0 Å². The van der Waals surface area contributed by atoms with Gasteiger partial charge in [0, 0.05) is 12.1 Å². The molecule has 2 aromatic rings. The van der Waals surface area contributed by atoms with Gasteiger partial charge in [-0.3, -0.25) is 14.9 Å². The number of rotatable bonds is 5. The standard InChI is InChI=1S/C10H10N8O3/c11-10-14-16-17(15-10)6-9(19)13-12-5-7-1-3-8(4-2-7)18(20)21/h1-5H,6H2,(H2,11,15)(H,13,19)/b12-5-. The predicted octanol–water partition coefficient (Wildman–Crippen LogP) is -0.686. The lowest BCUT2D eigenvalue weighted by molar-refractivity contribution is -0.384. The van der Waals surface area contributed by atoms with E-state index >= 15 is 0 Å². The van der Waals surface area contributed by atoms with E-state index in [0.717, 1.165) is 4.80 Å². The van der Waals surface area contributed by atoms with Crippen LogP contribution in [0.4, 0.5) is 11.6 Å². The molecule has 0 aliphatic carbocycles. The van der Waals surface area contributed by atoms with Gasteiger partial charge < -0.3 is 5.73 Å². The third-order valence-electron chi connectivity index (χ3n) is 2.26. The van der Waals surface area contributed by atoms with Crippen molar-refractivity contribution in [3.63, 3.8) is 0 Å². The quantitative estimate of drug-likeness (QED) is 0.419. The number of hydrogen-bond donors (Lipinski definition) is 2. The summed E-state index contributed by atoms with van der Waals surface area (Å²) < 4.78 is 0. The van der Waals surface area contributed by atoms with Crippen molar-refractivity contribution >= 4 is 23.8 Å². The van der Waals surface area contributed by atoms with Crippen LogP contribution >= 0.6 is 0 Å². The van der Waals surface area contributed by atoms with E-state index in [4.69, 9.17) is 5.73 Å². The lowest BCUT2D eigenvalue weighted by atomic mass is 10.2. The largest absolute Gasteiger partial charge is 0.365 e. The maximum atomic E-state index is 11.5. The number of aromatic nitrogens is 4. The topological polar surface area (TPSA) is 154 Å². The molecule has 0 saturated heterocycles. The number of carbonyl (C=O) groups is 1. The van der Waals surface area contributed by atoms with E-state index < -0.39 is 10.8 Å². The van der Waals surface area contributed by atoms with E-state index in [9.17, 15) is 14.9 Å². The molecule has 0 unspecified atom stereocenters. The molecule has 0 bridgehead atoms. The molecule has 2 rings (SSSR count). The number of non-ortho nitro benzene ring substituents is 1. The number of hydrazone groups is 1. The van der Waals surface area contributed by atoms with E-state index in [1.54, 1.807) is 0 Å². The normalized spacial score (nSPS) is 10.7. The van der Waals surface area contributed by atoms with Crippen molar-refractivity contribution in [3.05, 3.63) is 39.9 Å². The van der Waals surface area contributed by atoms with Crippen molar-refractivity contribution in [2.75, 3.05) is 5.73 Å². The zero-order valence-corrected chi connectivity index (χ0v) is 10.6. The molecule has 21 heavy (non-hydrogen) atoms. The van der Waals surface area contributed by atoms with Crippen LogP contribution in [0.25, 0.3) is 0 Å². The third-order valence-corrected chi connectivity index (χ3v) is 2.26. The summed E-state index contributed by atoms with van der Waals surface area (Å²) in [5.41, 5.74) is 8.08. The lowest BCUT2D eigenvalue weighted by Crippen LogP contribution is -2.24. The highest BCUT2D eigenvalue weighted by Gasteiger charge is 2.05. The number of hydrogen-bond acceptors (Lipinski definition) is 8. The summed E-state index contributed by atoms with van der Waals surface area (Å²) in [5, 5.41) is 24.7. The number of nitro benzene ring substituents is 1. The summed E-state index contributed by atoms with van der Waals surface area (Å²) in [5.74, 6) is -0.497.